The van der Waals surface area contributed by atoms with Crippen LogP contribution in [0.15, 0.2) is 36.7 Å². The van der Waals surface area contributed by atoms with Crippen LogP contribution in [0.3, 0.4) is 0 Å². The smallest absolute Gasteiger partial charge is 0.410 e. The molecule has 2 aliphatic rings. The van der Waals surface area contributed by atoms with E-state index in [-0.39, 0.29) is 6.09 Å². The molecule has 2 aromatic heterocycles. The highest BCUT2D eigenvalue weighted by molar-refractivity contribution is 6.34. The Balaban J connectivity index is 1.09. The molecule has 1 aromatic carbocycles. The molecular formula is C26H32ClN5O2. The van der Waals surface area contributed by atoms with E-state index < -0.39 is 5.60 Å². The predicted octanol–water partition coefficient (Wildman–Crippen LogP) is 5.15. The van der Waals surface area contributed by atoms with E-state index in [4.69, 9.17) is 16.3 Å². The fourth-order valence-corrected chi connectivity index (χ4v) is 5.26. The van der Waals surface area contributed by atoms with Gasteiger partial charge in [-0.2, -0.15) is 0 Å². The lowest BCUT2D eigenvalue weighted by Crippen LogP contribution is -2.61. The molecule has 2 saturated heterocycles. The van der Waals surface area contributed by atoms with Gasteiger partial charge in [0.25, 0.3) is 0 Å². The third kappa shape index (κ3) is 4.91. The summed E-state index contributed by atoms with van der Waals surface area (Å²) in [6.07, 6.45) is 4.46. The van der Waals surface area contributed by atoms with Crippen LogP contribution in [0.2, 0.25) is 5.15 Å². The van der Waals surface area contributed by atoms with E-state index >= 15 is 0 Å². The number of ether oxygens (including phenoxy) is 1. The average Bonchev–Trinajstić information content (AvgIpc) is 3.21. The minimum Gasteiger partial charge on any atom is -0.444 e. The number of halogens is 1. The van der Waals surface area contributed by atoms with E-state index in [1.54, 1.807) is 0 Å². The van der Waals surface area contributed by atoms with E-state index in [0.29, 0.717) is 10.6 Å². The van der Waals surface area contributed by atoms with Crippen LogP contribution in [0.25, 0.3) is 22.3 Å². The molecule has 0 atom stereocenters. The van der Waals surface area contributed by atoms with Gasteiger partial charge in [0.15, 0.2) is 0 Å². The molecule has 3 aromatic rings. The van der Waals surface area contributed by atoms with Crippen LogP contribution >= 0.6 is 11.6 Å². The second kappa shape index (κ2) is 8.86. The summed E-state index contributed by atoms with van der Waals surface area (Å²) in [4.78, 5) is 28.3. The molecule has 2 aliphatic heterocycles. The number of fused-ring (bicyclic) bond motifs is 1. The van der Waals surface area contributed by atoms with Crippen molar-refractivity contribution in [1.82, 2.24) is 24.8 Å². The normalized spacial score (nSPS) is 18.3. The number of hydrogen-bond donors (Lipinski definition) is 1. The van der Waals surface area contributed by atoms with E-state index in [2.05, 4.69) is 44.1 Å². The van der Waals surface area contributed by atoms with Crippen LogP contribution in [-0.2, 0) is 11.2 Å². The van der Waals surface area contributed by atoms with Crippen molar-refractivity contribution in [3.63, 3.8) is 0 Å². The quantitative estimate of drug-likeness (QED) is 0.521. The van der Waals surface area contributed by atoms with E-state index in [1.165, 1.54) is 11.9 Å². The molecule has 5 rings (SSSR count). The SMILES string of the molecule is CC(C)(C)OC(=O)N1CCC2(CC1)CN(CCc1ccc(-c3cc4c(Cl)ncnc4[nH]3)cc1)C2. The molecule has 1 amide bonds. The summed E-state index contributed by atoms with van der Waals surface area (Å²) in [5.41, 5.74) is 4.13. The molecule has 8 heteroatoms. The fourth-order valence-electron chi connectivity index (χ4n) is 5.07. The van der Waals surface area contributed by atoms with Crippen LogP contribution in [0, 0.1) is 5.41 Å². The third-order valence-corrected chi connectivity index (χ3v) is 7.25. The van der Waals surface area contributed by atoms with E-state index in [1.807, 2.05) is 31.7 Å². The number of piperidine rings is 1. The molecule has 0 aliphatic carbocycles. The first-order valence-electron chi connectivity index (χ1n) is 12.0. The summed E-state index contributed by atoms with van der Waals surface area (Å²) >= 11 is 6.17. The minimum absolute atomic E-state index is 0.176. The summed E-state index contributed by atoms with van der Waals surface area (Å²) in [5, 5.41) is 1.30. The number of aromatic nitrogens is 3. The van der Waals surface area contributed by atoms with Crippen molar-refractivity contribution in [2.75, 3.05) is 32.7 Å². The van der Waals surface area contributed by atoms with Crippen LogP contribution < -0.4 is 0 Å². The monoisotopic (exact) mass is 481 g/mol. The summed E-state index contributed by atoms with van der Waals surface area (Å²) in [5.74, 6) is 0. The molecule has 2 fully saturated rings. The van der Waals surface area contributed by atoms with Gasteiger partial charge in [-0.1, -0.05) is 35.9 Å². The van der Waals surface area contributed by atoms with Gasteiger partial charge in [-0.05, 0) is 62.6 Å². The zero-order valence-corrected chi connectivity index (χ0v) is 20.9. The van der Waals surface area contributed by atoms with Gasteiger partial charge < -0.3 is 19.5 Å². The molecular weight excluding hydrogens is 450 g/mol. The molecule has 0 radical (unpaired) electrons. The zero-order chi connectivity index (χ0) is 23.9. The van der Waals surface area contributed by atoms with Crippen molar-refractivity contribution in [3.8, 4) is 11.3 Å². The number of nitrogens with one attached hydrogen (secondary N) is 1. The van der Waals surface area contributed by atoms with Gasteiger partial charge >= 0.3 is 6.09 Å². The maximum absolute atomic E-state index is 12.3. The second-order valence-corrected chi connectivity index (χ2v) is 11.1. The molecule has 7 nitrogen and oxygen atoms in total. The largest absolute Gasteiger partial charge is 0.444 e. The van der Waals surface area contributed by atoms with Gasteiger partial charge in [-0.3, -0.25) is 0 Å². The topological polar surface area (TPSA) is 74.3 Å². The Bertz CT molecular complexity index is 1170. The summed E-state index contributed by atoms with van der Waals surface area (Å²) < 4.78 is 5.53. The summed E-state index contributed by atoms with van der Waals surface area (Å²) in [7, 11) is 0. The maximum atomic E-state index is 12.3. The second-order valence-electron chi connectivity index (χ2n) is 10.7. The highest BCUT2D eigenvalue weighted by Crippen LogP contribution is 2.40. The zero-order valence-electron chi connectivity index (χ0n) is 20.1. The minimum atomic E-state index is -0.435. The lowest BCUT2D eigenvalue weighted by atomic mass is 9.72. The molecule has 180 valence electrons. The number of hydrogen-bond acceptors (Lipinski definition) is 5. The van der Waals surface area contributed by atoms with Gasteiger partial charge in [0.2, 0.25) is 0 Å². The van der Waals surface area contributed by atoms with Crippen molar-refractivity contribution in [2.45, 2.75) is 45.6 Å². The number of amides is 1. The van der Waals surface area contributed by atoms with Crippen molar-refractivity contribution < 1.29 is 9.53 Å². The van der Waals surface area contributed by atoms with Crippen molar-refractivity contribution >= 4 is 28.7 Å². The highest BCUT2D eigenvalue weighted by atomic mass is 35.5. The lowest BCUT2D eigenvalue weighted by molar-refractivity contribution is -0.0505. The van der Waals surface area contributed by atoms with Gasteiger partial charge in [0, 0.05) is 38.4 Å². The Morgan fingerprint density at radius 3 is 2.50 bits per heavy atom. The van der Waals surface area contributed by atoms with Gasteiger partial charge in [0.1, 0.15) is 22.7 Å². The first kappa shape index (κ1) is 23.1. The predicted molar refractivity (Wildman–Crippen MR) is 134 cm³/mol. The lowest BCUT2D eigenvalue weighted by Gasteiger charge is -2.54. The fraction of sp³-hybridized carbons (Fsp3) is 0.500. The average molecular weight is 482 g/mol. The number of H-pyrrole nitrogens is 1. The number of likely N-dealkylation sites (tertiary alicyclic amines) is 2. The highest BCUT2D eigenvalue weighted by Gasteiger charge is 2.45. The molecule has 4 heterocycles. The third-order valence-electron chi connectivity index (χ3n) is 6.95. The number of carbonyl (C=O) groups excluding carboxylic acids is 1. The Kier molecular flexibility index (Phi) is 6.02. The number of carbonyl (C=O) groups is 1. The van der Waals surface area contributed by atoms with Crippen molar-refractivity contribution in [2.24, 2.45) is 5.41 Å². The van der Waals surface area contributed by atoms with Crippen LogP contribution in [0.1, 0.15) is 39.2 Å². The van der Waals surface area contributed by atoms with Crippen LogP contribution in [0.4, 0.5) is 4.79 Å². The number of nitrogens with zero attached hydrogens (tertiary/aromatic N) is 4. The first-order valence-corrected chi connectivity index (χ1v) is 12.4. The van der Waals surface area contributed by atoms with Gasteiger partial charge in [0.05, 0.1) is 5.39 Å². The maximum Gasteiger partial charge on any atom is 0.410 e. The molecule has 0 unspecified atom stereocenters. The molecule has 0 saturated carbocycles. The first-order chi connectivity index (χ1) is 16.2. The molecule has 1 spiro atoms. The number of benzene rings is 1. The Hall–Kier alpha value is -2.64. The van der Waals surface area contributed by atoms with Crippen LogP contribution in [0.5, 0.6) is 0 Å². The standard InChI is InChI=1S/C26H32ClN5O2/c1-25(2,3)34-24(33)32-12-9-26(10-13-32)15-31(16-26)11-8-18-4-6-19(7-5-18)21-14-20-22(27)28-17-29-23(20)30-21/h4-7,14,17H,8-13,15-16H2,1-3H3,(H,28,29,30). The molecule has 34 heavy (non-hydrogen) atoms. The molecule has 0 bridgehead atoms. The Morgan fingerprint density at radius 2 is 1.85 bits per heavy atom. The van der Waals surface area contributed by atoms with Crippen LogP contribution in [-0.4, -0.2) is 69.2 Å². The number of aromatic amines is 1. The van der Waals surface area contributed by atoms with Gasteiger partial charge in [-0.15, -0.1) is 0 Å². The Labute approximate surface area is 205 Å². The van der Waals surface area contributed by atoms with E-state index in [9.17, 15) is 4.79 Å². The van der Waals surface area contributed by atoms with Gasteiger partial charge in [-0.25, -0.2) is 14.8 Å². The molecule has 1 N–H and O–H groups in total. The summed E-state index contributed by atoms with van der Waals surface area (Å²) in [6.45, 7) is 10.7. The van der Waals surface area contributed by atoms with Crippen molar-refractivity contribution in [3.05, 3.63) is 47.4 Å². The van der Waals surface area contributed by atoms with E-state index in [0.717, 1.165) is 74.3 Å². The number of rotatable bonds is 4. The Morgan fingerprint density at radius 1 is 1.15 bits per heavy atom. The van der Waals surface area contributed by atoms with Crippen molar-refractivity contribution in [1.29, 1.82) is 0 Å². The summed E-state index contributed by atoms with van der Waals surface area (Å²) in [6, 6.07) is 10.7.